The largest absolute Gasteiger partial charge is 0.324 e. The number of aromatic nitrogens is 2. The summed E-state index contributed by atoms with van der Waals surface area (Å²) in [7, 11) is 0. The Balaban J connectivity index is 1.47. The lowest BCUT2D eigenvalue weighted by molar-refractivity contribution is -0.117. The minimum absolute atomic E-state index is 0.0702. The van der Waals surface area contributed by atoms with Crippen LogP contribution in [0.5, 0.6) is 0 Å². The summed E-state index contributed by atoms with van der Waals surface area (Å²) >= 11 is 0. The zero-order valence-electron chi connectivity index (χ0n) is 18.5. The van der Waals surface area contributed by atoms with E-state index in [1.807, 2.05) is 35.2 Å². The second kappa shape index (κ2) is 8.46. The molecule has 1 fully saturated rings. The third-order valence-electron chi connectivity index (χ3n) is 6.09. The van der Waals surface area contributed by atoms with E-state index in [0.717, 1.165) is 29.1 Å². The fourth-order valence-electron chi connectivity index (χ4n) is 4.69. The number of para-hydroxylation sites is 2. The van der Waals surface area contributed by atoms with Crippen molar-refractivity contribution < 1.29 is 4.79 Å². The van der Waals surface area contributed by atoms with Gasteiger partial charge in [0, 0.05) is 31.1 Å². The first-order chi connectivity index (χ1) is 15.6. The molecule has 4 aromatic rings. The number of nitrogens with zero attached hydrogens (tertiary/aromatic N) is 3. The Morgan fingerprint density at radius 3 is 2.47 bits per heavy atom. The number of benzene rings is 3. The Hall–Kier alpha value is -3.66. The third kappa shape index (κ3) is 3.96. The third-order valence-corrected chi connectivity index (χ3v) is 6.09. The predicted octanol–water partition coefficient (Wildman–Crippen LogP) is 5.89. The highest BCUT2D eigenvalue weighted by atomic mass is 16.2. The number of carbonyl (C=O) groups is 1. The summed E-state index contributed by atoms with van der Waals surface area (Å²) in [5.41, 5.74) is 6.60. The van der Waals surface area contributed by atoms with Gasteiger partial charge < -0.3 is 9.47 Å². The molecule has 0 unspecified atom stereocenters. The van der Waals surface area contributed by atoms with Gasteiger partial charge in [0.05, 0.1) is 11.0 Å². The van der Waals surface area contributed by atoms with Crippen LogP contribution in [0.4, 0.5) is 5.69 Å². The van der Waals surface area contributed by atoms with E-state index >= 15 is 0 Å². The van der Waals surface area contributed by atoms with E-state index < -0.39 is 0 Å². The first kappa shape index (κ1) is 20.3. The number of fused-ring (bicyclic) bond motifs is 1. The molecule has 1 aromatic heterocycles. The van der Waals surface area contributed by atoms with Crippen molar-refractivity contribution in [2.75, 3.05) is 11.4 Å². The van der Waals surface area contributed by atoms with Gasteiger partial charge in [0.15, 0.2) is 0 Å². The topological polar surface area (TPSA) is 38.1 Å². The molecule has 4 nitrogen and oxygen atoms in total. The molecule has 32 heavy (non-hydrogen) atoms. The van der Waals surface area contributed by atoms with Crippen molar-refractivity contribution in [1.82, 2.24) is 9.55 Å². The van der Waals surface area contributed by atoms with Crippen molar-refractivity contribution in [2.24, 2.45) is 0 Å². The smallest absolute Gasteiger partial charge is 0.227 e. The summed E-state index contributed by atoms with van der Waals surface area (Å²) in [5.74, 6) is 1.23. The van der Waals surface area contributed by atoms with Gasteiger partial charge in [-0.25, -0.2) is 4.98 Å². The molecule has 1 saturated heterocycles. The fraction of sp³-hybridized carbons (Fsp3) is 0.214. The highest BCUT2D eigenvalue weighted by molar-refractivity contribution is 5.96. The molecule has 0 aliphatic carbocycles. The lowest BCUT2D eigenvalue weighted by atomic mass is 10.1. The minimum Gasteiger partial charge on any atom is -0.324 e. The standard InChI is InChI=1S/C28H27N3O/c1-20-15-21(2)17-24(16-20)31-19-23(18-27(31)32)28-29-25-12-6-7-13-26(25)30(28)14-8-11-22-9-4-3-5-10-22/h3-13,15-17,23H,14,18-19H2,1-2H3/b11-8+/t23-/m1/s1. The number of hydrogen-bond donors (Lipinski definition) is 0. The molecule has 1 aliphatic heterocycles. The number of hydrogen-bond acceptors (Lipinski definition) is 2. The second-order valence-electron chi connectivity index (χ2n) is 8.63. The average molecular weight is 422 g/mol. The molecular weight excluding hydrogens is 394 g/mol. The van der Waals surface area contributed by atoms with Crippen molar-refractivity contribution in [3.63, 3.8) is 0 Å². The predicted molar refractivity (Wildman–Crippen MR) is 131 cm³/mol. The Labute approximate surface area is 188 Å². The van der Waals surface area contributed by atoms with Gasteiger partial charge in [0.25, 0.3) is 0 Å². The lowest BCUT2D eigenvalue weighted by Gasteiger charge is -2.18. The Morgan fingerprint density at radius 1 is 0.969 bits per heavy atom. The fourth-order valence-corrected chi connectivity index (χ4v) is 4.69. The van der Waals surface area contributed by atoms with Crippen molar-refractivity contribution in [3.05, 3.63) is 101 Å². The maximum absolute atomic E-state index is 13.0. The van der Waals surface area contributed by atoms with Gasteiger partial charge in [0.2, 0.25) is 5.91 Å². The number of rotatable bonds is 5. The van der Waals surface area contributed by atoms with Crippen LogP contribution in [0.2, 0.25) is 0 Å². The van der Waals surface area contributed by atoms with Gasteiger partial charge >= 0.3 is 0 Å². The van der Waals surface area contributed by atoms with Crippen molar-refractivity contribution in [1.29, 1.82) is 0 Å². The maximum atomic E-state index is 13.0. The van der Waals surface area contributed by atoms with Crippen LogP contribution in [0.3, 0.4) is 0 Å². The van der Waals surface area contributed by atoms with Crippen LogP contribution in [0, 0.1) is 13.8 Å². The van der Waals surface area contributed by atoms with Gasteiger partial charge in [0.1, 0.15) is 5.82 Å². The van der Waals surface area contributed by atoms with E-state index in [9.17, 15) is 4.79 Å². The zero-order valence-corrected chi connectivity index (χ0v) is 18.5. The number of carbonyl (C=O) groups excluding carboxylic acids is 1. The number of aryl methyl sites for hydroxylation is 2. The van der Waals surface area contributed by atoms with Crippen molar-refractivity contribution in [2.45, 2.75) is 32.7 Å². The molecule has 0 bridgehead atoms. The first-order valence-corrected chi connectivity index (χ1v) is 11.1. The summed E-state index contributed by atoms with van der Waals surface area (Å²) < 4.78 is 2.26. The SMILES string of the molecule is Cc1cc(C)cc(N2C[C@H](c3nc4ccccc4n3C/C=C/c3ccccc3)CC2=O)c1. The van der Waals surface area contributed by atoms with Crippen LogP contribution in [-0.2, 0) is 11.3 Å². The molecule has 4 heteroatoms. The second-order valence-corrected chi connectivity index (χ2v) is 8.63. The summed E-state index contributed by atoms with van der Waals surface area (Å²) in [6, 6.07) is 24.9. The highest BCUT2D eigenvalue weighted by Gasteiger charge is 2.34. The lowest BCUT2D eigenvalue weighted by Crippen LogP contribution is -2.24. The van der Waals surface area contributed by atoms with Gasteiger partial charge in [-0.1, -0.05) is 60.7 Å². The van der Waals surface area contributed by atoms with E-state index in [1.165, 1.54) is 16.7 Å². The quantitative estimate of drug-likeness (QED) is 0.403. The van der Waals surface area contributed by atoms with Crippen LogP contribution < -0.4 is 4.90 Å². The van der Waals surface area contributed by atoms with Gasteiger partial charge in [-0.3, -0.25) is 4.79 Å². The molecule has 0 N–H and O–H groups in total. The maximum Gasteiger partial charge on any atom is 0.227 e. The number of imidazole rings is 1. The van der Waals surface area contributed by atoms with Crippen LogP contribution in [-0.4, -0.2) is 22.0 Å². The molecule has 0 spiro atoms. The van der Waals surface area contributed by atoms with Crippen LogP contribution in [0.25, 0.3) is 17.1 Å². The molecule has 2 heterocycles. The molecule has 5 rings (SSSR count). The summed E-state index contributed by atoms with van der Waals surface area (Å²) in [6.07, 6.45) is 4.80. The molecule has 1 aliphatic rings. The number of allylic oxidation sites excluding steroid dienone is 1. The molecule has 1 amide bonds. The number of amides is 1. The van der Waals surface area contributed by atoms with Gasteiger partial charge in [-0.2, -0.15) is 0 Å². The summed E-state index contributed by atoms with van der Waals surface area (Å²) in [4.78, 5) is 19.9. The zero-order chi connectivity index (χ0) is 22.1. The minimum atomic E-state index is 0.0702. The Kier molecular flexibility index (Phi) is 5.36. The van der Waals surface area contributed by atoms with Crippen LogP contribution in [0.1, 0.15) is 34.9 Å². The molecular formula is C28H27N3O. The molecule has 0 saturated carbocycles. The molecule has 160 valence electrons. The Bertz CT molecular complexity index is 1280. The van der Waals surface area contributed by atoms with E-state index in [-0.39, 0.29) is 11.8 Å². The van der Waals surface area contributed by atoms with Crippen LogP contribution in [0.15, 0.2) is 78.9 Å². The Morgan fingerprint density at radius 2 is 1.69 bits per heavy atom. The van der Waals surface area contributed by atoms with Crippen molar-refractivity contribution in [3.8, 4) is 0 Å². The molecule has 0 radical (unpaired) electrons. The summed E-state index contributed by atoms with van der Waals surface area (Å²) in [6.45, 7) is 5.53. The normalized spacial score (nSPS) is 16.5. The number of anilines is 1. The monoisotopic (exact) mass is 421 g/mol. The van der Waals surface area contributed by atoms with E-state index in [4.69, 9.17) is 4.98 Å². The van der Waals surface area contributed by atoms with E-state index in [0.29, 0.717) is 13.0 Å². The van der Waals surface area contributed by atoms with Crippen LogP contribution >= 0.6 is 0 Å². The van der Waals surface area contributed by atoms with E-state index in [2.05, 4.69) is 73.0 Å². The first-order valence-electron chi connectivity index (χ1n) is 11.1. The van der Waals surface area contributed by atoms with Crippen molar-refractivity contribution >= 4 is 28.7 Å². The molecule has 3 aromatic carbocycles. The van der Waals surface area contributed by atoms with E-state index in [1.54, 1.807) is 0 Å². The van der Waals surface area contributed by atoms with Gasteiger partial charge in [-0.05, 0) is 54.8 Å². The average Bonchev–Trinajstić information content (AvgIpc) is 3.34. The van der Waals surface area contributed by atoms with Gasteiger partial charge in [-0.15, -0.1) is 0 Å². The molecule has 1 atom stereocenters. The summed E-state index contributed by atoms with van der Waals surface area (Å²) in [5, 5.41) is 0. The highest BCUT2D eigenvalue weighted by Crippen LogP contribution is 2.34.